The number of rotatable bonds is 8. The lowest BCUT2D eigenvalue weighted by molar-refractivity contribution is 0.230. The molecular formula is C18H26N4O2. The van der Waals surface area contributed by atoms with Gasteiger partial charge in [0.25, 0.3) is 0 Å². The van der Waals surface area contributed by atoms with Gasteiger partial charge in [0, 0.05) is 12.6 Å². The molecule has 0 saturated carbocycles. The fourth-order valence-corrected chi connectivity index (χ4v) is 3.12. The first kappa shape index (κ1) is 16.8. The van der Waals surface area contributed by atoms with Crippen molar-refractivity contribution in [3.05, 3.63) is 36.7 Å². The molecule has 0 radical (unpaired) electrons. The summed E-state index contributed by atoms with van der Waals surface area (Å²) in [6.45, 7) is 5.30. The fraction of sp³-hybridized carbons (Fsp3) is 0.500. The molecule has 1 aromatic carbocycles. The van der Waals surface area contributed by atoms with E-state index in [1.165, 1.54) is 19.4 Å². The van der Waals surface area contributed by atoms with Crippen molar-refractivity contribution in [1.29, 1.82) is 0 Å². The summed E-state index contributed by atoms with van der Waals surface area (Å²) in [5.41, 5.74) is 1.74. The summed E-state index contributed by atoms with van der Waals surface area (Å²) in [4.78, 5) is 2.54. The Hall–Kier alpha value is -2.05. The van der Waals surface area contributed by atoms with Gasteiger partial charge in [-0.2, -0.15) is 5.10 Å². The van der Waals surface area contributed by atoms with E-state index in [0.29, 0.717) is 0 Å². The Morgan fingerprint density at radius 2 is 2.17 bits per heavy atom. The van der Waals surface area contributed by atoms with Gasteiger partial charge in [0.2, 0.25) is 0 Å². The average molecular weight is 330 g/mol. The Kier molecular flexibility index (Phi) is 5.72. The first-order valence-corrected chi connectivity index (χ1v) is 8.63. The Labute approximate surface area is 143 Å². The van der Waals surface area contributed by atoms with Gasteiger partial charge < -0.3 is 20.1 Å². The number of anilines is 1. The number of hydrogen-bond acceptors (Lipinski definition) is 5. The van der Waals surface area contributed by atoms with Crippen LogP contribution in [0.3, 0.4) is 0 Å². The van der Waals surface area contributed by atoms with E-state index in [9.17, 15) is 0 Å². The van der Waals surface area contributed by atoms with E-state index in [2.05, 4.69) is 22.2 Å². The number of aliphatic hydroxyl groups excluding tert-OH is 1. The molecule has 0 amide bonds. The lowest BCUT2D eigenvalue weighted by Crippen LogP contribution is -2.28. The first-order valence-electron chi connectivity index (χ1n) is 8.63. The van der Waals surface area contributed by atoms with Crippen molar-refractivity contribution >= 4 is 5.69 Å². The van der Waals surface area contributed by atoms with E-state index in [1.807, 2.05) is 30.5 Å². The molecule has 0 aliphatic carbocycles. The van der Waals surface area contributed by atoms with Crippen molar-refractivity contribution in [3.63, 3.8) is 0 Å². The zero-order chi connectivity index (χ0) is 16.8. The first-order chi connectivity index (χ1) is 11.8. The van der Waals surface area contributed by atoms with Crippen LogP contribution in [0.5, 0.6) is 5.75 Å². The Balaban J connectivity index is 1.45. The number of nitrogens with one attached hydrogen (secondary N) is 1. The molecule has 1 atom stereocenters. The number of nitrogens with zero attached hydrogens (tertiary/aromatic N) is 3. The second-order valence-electron chi connectivity index (χ2n) is 6.23. The lowest BCUT2D eigenvalue weighted by Gasteiger charge is -2.20. The number of benzene rings is 1. The Morgan fingerprint density at radius 1 is 1.33 bits per heavy atom. The minimum atomic E-state index is -0.103. The zero-order valence-electron chi connectivity index (χ0n) is 14.2. The Bertz CT molecular complexity index is 626. The van der Waals surface area contributed by atoms with Crippen LogP contribution in [0.15, 0.2) is 36.7 Å². The molecule has 0 bridgehead atoms. The third kappa shape index (κ3) is 4.27. The van der Waals surface area contributed by atoms with Gasteiger partial charge in [0.15, 0.2) is 0 Å². The maximum atomic E-state index is 8.85. The lowest BCUT2D eigenvalue weighted by atomic mass is 10.2. The van der Waals surface area contributed by atoms with Crippen LogP contribution >= 0.6 is 0 Å². The molecule has 2 heterocycles. The van der Waals surface area contributed by atoms with Crippen molar-refractivity contribution in [2.45, 2.75) is 32.2 Å². The van der Waals surface area contributed by atoms with Crippen LogP contribution in [0, 0.1) is 0 Å². The molecule has 1 aliphatic rings. The molecule has 1 saturated heterocycles. The molecule has 1 aromatic heterocycles. The monoisotopic (exact) mass is 330 g/mol. The zero-order valence-corrected chi connectivity index (χ0v) is 14.2. The van der Waals surface area contributed by atoms with E-state index >= 15 is 0 Å². The van der Waals surface area contributed by atoms with Crippen LogP contribution in [0.2, 0.25) is 0 Å². The van der Waals surface area contributed by atoms with E-state index < -0.39 is 0 Å². The third-order valence-electron chi connectivity index (χ3n) is 4.52. The maximum absolute atomic E-state index is 8.85. The molecule has 1 fully saturated rings. The van der Waals surface area contributed by atoms with E-state index in [1.54, 1.807) is 10.9 Å². The highest BCUT2D eigenvalue weighted by molar-refractivity contribution is 5.43. The smallest absolute Gasteiger partial charge is 0.119 e. The van der Waals surface area contributed by atoms with Crippen LogP contribution in [0.25, 0.3) is 5.69 Å². The van der Waals surface area contributed by atoms with Gasteiger partial charge in [0.05, 0.1) is 30.4 Å². The molecule has 6 heteroatoms. The summed E-state index contributed by atoms with van der Waals surface area (Å²) in [6, 6.07) is 8.62. The predicted molar refractivity (Wildman–Crippen MR) is 94.7 cm³/mol. The largest absolute Gasteiger partial charge is 0.494 e. The highest BCUT2D eigenvalue weighted by Crippen LogP contribution is 2.18. The molecule has 0 spiro atoms. The van der Waals surface area contributed by atoms with Crippen LogP contribution in [-0.2, 0) is 0 Å². The van der Waals surface area contributed by atoms with Crippen molar-refractivity contribution in [2.24, 2.45) is 0 Å². The molecule has 2 aromatic rings. The summed E-state index contributed by atoms with van der Waals surface area (Å²) < 4.78 is 7.59. The topological polar surface area (TPSA) is 62.5 Å². The second kappa shape index (κ2) is 8.17. The van der Waals surface area contributed by atoms with Gasteiger partial charge in [-0.05, 0) is 57.0 Å². The highest BCUT2D eigenvalue weighted by atomic mass is 16.5. The van der Waals surface area contributed by atoms with Crippen molar-refractivity contribution in [2.75, 3.05) is 31.7 Å². The summed E-state index contributed by atoms with van der Waals surface area (Å²) in [5, 5.41) is 15.9. The maximum Gasteiger partial charge on any atom is 0.119 e. The van der Waals surface area contributed by atoms with Gasteiger partial charge in [-0.15, -0.1) is 0 Å². The average Bonchev–Trinajstić information content (AvgIpc) is 3.22. The minimum absolute atomic E-state index is 0.103. The molecule has 2 N–H and O–H groups in total. The number of ether oxygens (including phenoxy) is 1. The molecule has 1 aliphatic heterocycles. The normalized spacial score (nSPS) is 18.0. The van der Waals surface area contributed by atoms with Crippen LogP contribution in [-0.4, -0.2) is 52.3 Å². The van der Waals surface area contributed by atoms with E-state index in [-0.39, 0.29) is 6.73 Å². The van der Waals surface area contributed by atoms with Crippen molar-refractivity contribution in [3.8, 4) is 11.4 Å². The van der Waals surface area contributed by atoms with Crippen molar-refractivity contribution in [1.82, 2.24) is 14.7 Å². The number of aromatic nitrogens is 2. The predicted octanol–water partition coefficient (Wildman–Crippen LogP) is 2.49. The second-order valence-corrected chi connectivity index (χ2v) is 6.23. The third-order valence-corrected chi connectivity index (χ3v) is 4.52. The SMILES string of the molecule is CC1CCCN1CCCOc1ccc(-n2cc(NCO)cn2)cc1. The van der Waals surface area contributed by atoms with Crippen LogP contribution in [0.1, 0.15) is 26.2 Å². The molecular weight excluding hydrogens is 304 g/mol. The van der Waals surface area contributed by atoms with Gasteiger partial charge in [-0.1, -0.05) is 0 Å². The van der Waals surface area contributed by atoms with Gasteiger partial charge >= 0.3 is 0 Å². The molecule has 6 nitrogen and oxygen atoms in total. The minimum Gasteiger partial charge on any atom is -0.494 e. The van der Waals surface area contributed by atoms with Gasteiger partial charge in [0.1, 0.15) is 12.5 Å². The Morgan fingerprint density at radius 3 is 2.88 bits per heavy atom. The van der Waals surface area contributed by atoms with Crippen LogP contribution in [0.4, 0.5) is 5.69 Å². The van der Waals surface area contributed by atoms with Gasteiger partial charge in [-0.3, -0.25) is 0 Å². The summed E-state index contributed by atoms with van der Waals surface area (Å²) in [6.07, 6.45) is 7.22. The number of hydrogen-bond donors (Lipinski definition) is 2. The molecule has 24 heavy (non-hydrogen) atoms. The van der Waals surface area contributed by atoms with E-state index in [4.69, 9.17) is 9.84 Å². The van der Waals surface area contributed by atoms with Gasteiger partial charge in [-0.25, -0.2) is 4.68 Å². The number of aliphatic hydroxyl groups is 1. The standard InChI is InChI=1S/C18H26N4O2/c1-15-4-2-9-21(15)10-3-11-24-18-7-5-17(6-8-18)22-13-16(12-20-22)19-14-23/h5-8,12-13,15,19,23H,2-4,9-11,14H2,1H3. The molecule has 130 valence electrons. The summed E-state index contributed by atoms with van der Waals surface area (Å²) in [7, 11) is 0. The summed E-state index contributed by atoms with van der Waals surface area (Å²) >= 11 is 0. The fourth-order valence-electron chi connectivity index (χ4n) is 3.12. The molecule has 1 unspecified atom stereocenters. The number of likely N-dealkylation sites (tertiary alicyclic amines) is 1. The highest BCUT2D eigenvalue weighted by Gasteiger charge is 2.18. The summed E-state index contributed by atoms with van der Waals surface area (Å²) in [5.74, 6) is 0.883. The van der Waals surface area contributed by atoms with Crippen molar-refractivity contribution < 1.29 is 9.84 Å². The molecule has 3 rings (SSSR count). The van der Waals surface area contributed by atoms with E-state index in [0.717, 1.165) is 42.7 Å². The quantitative estimate of drug-likeness (QED) is 0.575. The van der Waals surface area contributed by atoms with Crippen LogP contribution < -0.4 is 10.1 Å².